The highest BCUT2D eigenvalue weighted by atomic mass is 35.5. The smallest absolute Gasteiger partial charge is 0.407 e. The molecule has 2 amide bonds. The third-order valence-electron chi connectivity index (χ3n) is 8.60. The van der Waals surface area contributed by atoms with Gasteiger partial charge < -0.3 is 20.7 Å². The van der Waals surface area contributed by atoms with Crippen LogP contribution in [0.2, 0.25) is 5.02 Å². The number of aryl methyl sites for hydroxylation is 1. The van der Waals surface area contributed by atoms with E-state index < -0.39 is 45.6 Å². The third-order valence-corrected chi connectivity index (χ3v) is 10.8. The standard InChI is InChI=1S/C36H38ClF2N5O5S/c1-23-17-25(19-27(38)18-23)33(24-11-13-26(37)14-12-24)34(43-36(46)49-2)35(45)42-32-22-41-21-31(39)30(32)10-6-7-28-20-40-15-16-44(28)50(47,48)29-8-4-3-5-9-29/h3-5,8-9,11-14,17-19,21-22,28,33-34,40H,6-7,10,15-16,20H2,1-2H3,(H,42,45)(H,43,46)/t28-,33-,34-/m0/s1. The van der Waals surface area contributed by atoms with E-state index in [0.717, 1.165) is 13.3 Å². The van der Waals surface area contributed by atoms with Crippen molar-refractivity contribution in [3.05, 3.63) is 124 Å². The van der Waals surface area contributed by atoms with Gasteiger partial charge in [0.25, 0.3) is 0 Å². The third kappa shape index (κ3) is 8.83. The molecule has 0 bridgehead atoms. The zero-order chi connectivity index (χ0) is 35.8. The quantitative estimate of drug-likeness (QED) is 0.168. The molecule has 1 aliphatic rings. The fourth-order valence-corrected chi connectivity index (χ4v) is 8.06. The van der Waals surface area contributed by atoms with Crippen LogP contribution in [-0.2, 0) is 26.0 Å². The molecule has 1 aromatic heterocycles. The lowest BCUT2D eigenvalue weighted by Gasteiger charge is -2.35. The molecule has 264 valence electrons. The second-order valence-corrected chi connectivity index (χ2v) is 14.3. The maximum atomic E-state index is 15.4. The number of amides is 2. The topological polar surface area (TPSA) is 130 Å². The number of hydrogen-bond donors (Lipinski definition) is 3. The van der Waals surface area contributed by atoms with Gasteiger partial charge in [0.1, 0.15) is 17.7 Å². The first kappa shape index (κ1) is 36.8. The normalized spacial score (nSPS) is 16.3. The number of halogens is 3. The van der Waals surface area contributed by atoms with E-state index in [-0.39, 0.29) is 28.6 Å². The van der Waals surface area contributed by atoms with E-state index >= 15 is 4.39 Å². The molecule has 4 aromatic rings. The van der Waals surface area contributed by atoms with Gasteiger partial charge in [0, 0.05) is 42.2 Å². The van der Waals surface area contributed by atoms with E-state index in [1.165, 1.54) is 22.6 Å². The number of hydrogen-bond acceptors (Lipinski definition) is 7. The van der Waals surface area contributed by atoms with Crippen molar-refractivity contribution in [3.8, 4) is 0 Å². The lowest BCUT2D eigenvalue weighted by atomic mass is 9.83. The van der Waals surface area contributed by atoms with Gasteiger partial charge in [-0.2, -0.15) is 4.31 Å². The SMILES string of the molecule is COC(=O)N[C@H](C(=O)Nc1cncc(F)c1CCC[C@H]1CNCCN1S(=O)(=O)c1ccccc1)[C@@H](c1ccc(Cl)cc1)c1cc(C)cc(F)c1. The number of piperazine rings is 1. The number of carbonyl (C=O) groups excluding carboxylic acids is 2. The van der Waals surface area contributed by atoms with Gasteiger partial charge in [-0.1, -0.05) is 48.0 Å². The number of pyridine rings is 1. The number of benzene rings is 3. The van der Waals surface area contributed by atoms with Crippen molar-refractivity contribution in [2.24, 2.45) is 0 Å². The number of carbonyl (C=O) groups is 2. The van der Waals surface area contributed by atoms with Crippen LogP contribution in [0, 0.1) is 18.6 Å². The molecule has 0 aliphatic carbocycles. The number of rotatable bonds is 12. The van der Waals surface area contributed by atoms with Crippen LogP contribution in [0.3, 0.4) is 0 Å². The minimum absolute atomic E-state index is 0.0764. The number of anilines is 1. The highest BCUT2D eigenvalue weighted by Crippen LogP contribution is 2.32. The molecule has 0 saturated carbocycles. The summed E-state index contributed by atoms with van der Waals surface area (Å²) in [6, 6.07) is 17.4. The van der Waals surface area contributed by atoms with Crippen molar-refractivity contribution in [1.82, 2.24) is 19.9 Å². The molecular weight excluding hydrogens is 688 g/mol. The summed E-state index contributed by atoms with van der Waals surface area (Å²) in [4.78, 5) is 30.9. The van der Waals surface area contributed by atoms with E-state index in [1.54, 1.807) is 67.6 Å². The second kappa shape index (κ2) is 16.5. The van der Waals surface area contributed by atoms with Crippen molar-refractivity contribution in [1.29, 1.82) is 0 Å². The fourth-order valence-electron chi connectivity index (χ4n) is 6.26. The van der Waals surface area contributed by atoms with E-state index in [9.17, 15) is 22.4 Å². The number of alkyl carbamates (subject to hydrolysis) is 1. The zero-order valence-electron chi connectivity index (χ0n) is 27.5. The molecule has 14 heteroatoms. The van der Waals surface area contributed by atoms with E-state index in [1.807, 2.05) is 0 Å². The van der Waals surface area contributed by atoms with Crippen molar-refractivity contribution in [3.63, 3.8) is 0 Å². The highest BCUT2D eigenvalue weighted by Gasteiger charge is 2.35. The maximum absolute atomic E-state index is 15.4. The molecule has 10 nitrogen and oxygen atoms in total. The first-order valence-corrected chi connectivity index (χ1v) is 17.9. The van der Waals surface area contributed by atoms with Crippen LogP contribution in [0.15, 0.2) is 90.1 Å². The Kier molecular flexibility index (Phi) is 12.2. The first-order valence-electron chi connectivity index (χ1n) is 16.1. The predicted molar refractivity (Wildman–Crippen MR) is 187 cm³/mol. The largest absolute Gasteiger partial charge is 0.453 e. The average Bonchev–Trinajstić information content (AvgIpc) is 3.10. The van der Waals surface area contributed by atoms with Crippen LogP contribution < -0.4 is 16.0 Å². The summed E-state index contributed by atoms with van der Waals surface area (Å²) >= 11 is 6.14. The summed E-state index contributed by atoms with van der Waals surface area (Å²) in [5, 5.41) is 8.99. The van der Waals surface area contributed by atoms with Gasteiger partial charge in [-0.15, -0.1) is 0 Å². The second-order valence-electron chi connectivity index (χ2n) is 12.0. The van der Waals surface area contributed by atoms with Gasteiger partial charge in [-0.25, -0.2) is 22.0 Å². The Labute approximate surface area is 295 Å². The minimum Gasteiger partial charge on any atom is -0.453 e. The van der Waals surface area contributed by atoms with Crippen LogP contribution in [0.1, 0.15) is 41.0 Å². The van der Waals surface area contributed by atoms with Crippen molar-refractivity contribution < 1.29 is 31.5 Å². The van der Waals surface area contributed by atoms with Crippen molar-refractivity contribution in [2.75, 3.05) is 32.1 Å². The van der Waals surface area contributed by atoms with Crippen LogP contribution in [0.25, 0.3) is 0 Å². The number of aromatic nitrogens is 1. The molecule has 3 atom stereocenters. The molecule has 1 fully saturated rings. The Morgan fingerprint density at radius 2 is 1.80 bits per heavy atom. The molecule has 3 aromatic carbocycles. The van der Waals surface area contributed by atoms with Crippen molar-refractivity contribution >= 4 is 39.3 Å². The Balaban J connectivity index is 1.40. The van der Waals surface area contributed by atoms with E-state index in [2.05, 4.69) is 20.9 Å². The summed E-state index contributed by atoms with van der Waals surface area (Å²) in [6.07, 6.45) is 2.39. The summed E-state index contributed by atoms with van der Waals surface area (Å²) in [5.74, 6) is -2.84. The summed E-state index contributed by atoms with van der Waals surface area (Å²) in [7, 11) is -2.60. The Morgan fingerprint density at radius 3 is 2.50 bits per heavy atom. The molecule has 3 N–H and O–H groups in total. The molecule has 50 heavy (non-hydrogen) atoms. The van der Waals surface area contributed by atoms with Gasteiger partial charge >= 0.3 is 6.09 Å². The van der Waals surface area contributed by atoms with Gasteiger partial charge in [-0.05, 0) is 79.3 Å². The molecule has 1 aliphatic heterocycles. The number of sulfonamides is 1. The average molecular weight is 726 g/mol. The first-order chi connectivity index (χ1) is 24.0. The monoisotopic (exact) mass is 725 g/mol. The summed E-state index contributed by atoms with van der Waals surface area (Å²) < 4.78 is 63.3. The molecular formula is C36H38ClF2N5O5S. The van der Waals surface area contributed by atoms with Crippen LogP contribution in [-0.4, -0.2) is 68.5 Å². The van der Waals surface area contributed by atoms with Gasteiger partial charge in [0.2, 0.25) is 15.9 Å². The predicted octanol–water partition coefficient (Wildman–Crippen LogP) is 5.80. The maximum Gasteiger partial charge on any atom is 0.407 e. The molecule has 2 heterocycles. The minimum atomic E-state index is -3.75. The molecule has 0 unspecified atom stereocenters. The van der Waals surface area contributed by atoms with Crippen LogP contribution in [0.4, 0.5) is 19.3 Å². The van der Waals surface area contributed by atoms with Crippen LogP contribution >= 0.6 is 11.6 Å². The van der Waals surface area contributed by atoms with Crippen molar-refractivity contribution in [2.45, 2.75) is 49.1 Å². The fraction of sp³-hybridized carbons (Fsp3) is 0.306. The lowest BCUT2D eigenvalue weighted by molar-refractivity contribution is -0.118. The number of ether oxygens (including phenoxy) is 1. The van der Waals surface area contributed by atoms with Crippen LogP contribution in [0.5, 0.6) is 0 Å². The Morgan fingerprint density at radius 1 is 1.06 bits per heavy atom. The lowest BCUT2D eigenvalue weighted by Crippen LogP contribution is -2.53. The number of nitrogens with one attached hydrogen (secondary N) is 3. The van der Waals surface area contributed by atoms with Gasteiger partial charge in [0.05, 0.1) is 30.1 Å². The Hall–Kier alpha value is -4.43. The van der Waals surface area contributed by atoms with Gasteiger partial charge in [0.15, 0.2) is 0 Å². The van der Waals surface area contributed by atoms with Gasteiger partial charge in [-0.3, -0.25) is 9.78 Å². The molecule has 1 saturated heterocycles. The number of nitrogens with zero attached hydrogens (tertiary/aromatic N) is 2. The summed E-state index contributed by atoms with van der Waals surface area (Å²) in [6.45, 7) is 2.94. The van der Waals surface area contributed by atoms with E-state index in [4.69, 9.17) is 16.3 Å². The molecule has 0 radical (unpaired) electrons. The summed E-state index contributed by atoms with van der Waals surface area (Å²) in [5.41, 5.74) is 1.78. The Bertz CT molecular complexity index is 1900. The molecule has 5 rings (SSSR count). The highest BCUT2D eigenvalue weighted by molar-refractivity contribution is 7.89. The number of methoxy groups -OCH3 is 1. The molecule has 0 spiro atoms. The van der Waals surface area contributed by atoms with E-state index in [0.29, 0.717) is 54.2 Å². The zero-order valence-corrected chi connectivity index (χ0v) is 29.1.